The number of carbonyl (C=O) groups is 2. The van der Waals surface area contributed by atoms with Gasteiger partial charge in [-0.2, -0.15) is 40.0 Å². The zero-order valence-corrected chi connectivity index (χ0v) is 16.1. The largest absolute Gasteiger partial charge is 0.438 e. The number of carbonyl (C=O) groups excluding carboxylic acids is 2. The van der Waals surface area contributed by atoms with Crippen LogP contribution in [0.3, 0.4) is 0 Å². The Morgan fingerprint density at radius 3 is 1.70 bits per heavy atom. The average Bonchev–Trinajstić information content (AvgIpc) is 2.59. The summed E-state index contributed by atoms with van der Waals surface area (Å²) in [5.74, 6) is -20.5. The van der Waals surface area contributed by atoms with Gasteiger partial charge in [0.2, 0.25) is 5.78 Å². The van der Waals surface area contributed by atoms with Gasteiger partial charge in [-0.15, -0.1) is 0 Å². The molecule has 1 N–H and O–H groups in total. The van der Waals surface area contributed by atoms with Crippen LogP contribution in [0.25, 0.3) is 0 Å². The van der Waals surface area contributed by atoms with E-state index in [0.717, 1.165) is 25.3 Å². The molecule has 0 heterocycles. The molecule has 1 unspecified atom stereocenters. The summed E-state index contributed by atoms with van der Waals surface area (Å²) in [6.45, 7) is 0. The quantitative estimate of drug-likeness (QED) is 0.354. The van der Waals surface area contributed by atoms with E-state index < -0.39 is 50.1 Å². The lowest BCUT2D eigenvalue weighted by Gasteiger charge is -2.56. The number of hydrogen-bond donors (Lipinski definition) is 1. The summed E-state index contributed by atoms with van der Waals surface area (Å²) < 4.78 is 112. The molecular weight excluding hydrogens is 444 g/mol. The molecule has 4 fully saturated rings. The second-order valence-corrected chi connectivity index (χ2v) is 10.1. The van der Waals surface area contributed by atoms with Gasteiger partial charge >= 0.3 is 27.2 Å². The second-order valence-electron chi connectivity index (χ2n) is 8.63. The molecule has 0 amide bonds. The first-order valence-electron chi connectivity index (χ1n) is 9.09. The predicted octanol–water partition coefficient (Wildman–Crippen LogP) is 3.23. The van der Waals surface area contributed by atoms with Crippen molar-refractivity contribution in [3.8, 4) is 6.07 Å². The summed E-state index contributed by atoms with van der Waals surface area (Å²) in [4.78, 5) is 25.0. The molecule has 4 bridgehead atoms. The number of hydrogen-bond acceptors (Lipinski definition) is 5. The number of rotatable bonds is 7. The Labute approximate surface area is 167 Å². The van der Waals surface area contributed by atoms with Crippen LogP contribution in [0, 0.1) is 40.4 Å². The van der Waals surface area contributed by atoms with Crippen molar-refractivity contribution in [3.63, 3.8) is 0 Å². The zero-order chi connectivity index (χ0) is 22.9. The Bertz CT molecular complexity index is 890. The summed E-state index contributed by atoms with van der Waals surface area (Å²) in [6, 6.07) is 0.926. The monoisotopic (exact) mass is 461 g/mol. The molecule has 0 spiro atoms. The van der Waals surface area contributed by atoms with Crippen molar-refractivity contribution in [1.82, 2.24) is 0 Å². The molecule has 13 heteroatoms. The summed E-state index contributed by atoms with van der Waals surface area (Å²) >= 11 is 0. The van der Waals surface area contributed by atoms with Crippen LogP contribution in [0.1, 0.15) is 38.5 Å². The third kappa shape index (κ3) is 3.05. The number of halogens is 6. The fourth-order valence-electron chi connectivity index (χ4n) is 5.64. The van der Waals surface area contributed by atoms with E-state index in [2.05, 4.69) is 0 Å². The Kier molecular flexibility index (Phi) is 5.10. The lowest BCUT2D eigenvalue weighted by molar-refractivity contribution is -0.270. The number of nitriles is 1. The van der Waals surface area contributed by atoms with Crippen LogP contribution in [-0.4, -0.2) is 41.6 Å². The Hall–Kier alpha value is -1.68. The Balaban J connectivity index is 1.94. The van der Waals surface area contributed by atoms with Gasteiger partial charge in [0.05, 0.1) is 6.07 Å². The van der Waals surface area contributed by atoms with E-state index in [0.29, 0.717) is 0 Å². The van der Waals surface area contributed by atoms with E-state index in [1.54, 1.807) is 0 Å². The maximum Gasteiger partial charge on any atom is 0.438 e. The molecular formula is C17H17F6NO5S. The molecule has 0 aromatic rings. The van der Waals surface area contributed by atoms with Crippen LogP contribution < -0.4 is 0 Å². The molecule has 0 aromatic heterocycles. The number of nitrogens with zero attached hydrogens (tertiary/aromatic N) is 1. The van der Waals surface area contributed by atoms with Gasteiger partial charge in [0, 0.05) is 5.41 Å². The van der Waals surface area contributed by atoms with E-state index in [4.69, 9.17) is 9.81 Å². The minimum atomic E-state index is -7.05. The van der Waals surface area contributed by atoms with E-state index in [-0.39, 0.29) is 37.0 Å². The zero-order valence-electron chi connectivity index (χ0n) is 15.3. The van der Waals surface area contributed by atoms with Crippen LogP contribution in [0.4, 0.5) is 26.3 Å². The molecule has 4 rings (SSSR count). The summed E-state index contributed by atoms with van der Waals surface area (Å²) in [5.41, 5.74) is -1.35. The standard InChI is InChI=1S/C17H17F6NO5S/c18-15(19,16(20,21)17(22,23)30(27,28)29)13(26)11(7-24)12(25)14-4-8-1-9(5-14)3-10(2-8)6-14/h8-11H,1-6H2,(H,27,28,29). The molecule has 0 aromatic carbocycles. The highest BCUT2D eigenvalue weighted by molar-refractivity contribution is 7.87. The number of alkyl halides is 6. The maximum atomic E-state index is 14.1. The second kappa shape index (κ2) is 6.66. The lowest BCUT2D eigenvalue weighted by atomic mass is 9.47. The molecule has 168 valence electrons. The normalized spacial score (nSPS) is 32.5. The number of ketones is 2. The van der Waals surface area contributed by atoms with E-state index >= 15 is 0 Å². The SMILES string of the molecule is N#CC(C(=O)C12CC3CC(CC(C3)C1)C2)C(=O)C(F)(F)C(F)(F)C(F)(F)S(=O)(=O)O. The minimum absolute atomic E-state index is 0.0560. The molecule has 30 heavy (non-hydrogen) atoms. The first kappa shape index (κ1) is 23.0. The van der Waals surface area contributed by atoms with Crippen molar-refractivity contribution in [2.45, 2.75) is 55.6 Å². The molecule has 1 atom stereocenters. The van der Waals surface area contributed by atoms with Crippen LogP contribution >= 0.6 is 0 Å². The summed E-state index contributed by atoms with van der Waals surface area (Å²) in [5, 5.41) is 2.40. The van der Waals surface area contributed by atoms with E-state index in [9.17, 15) is 44.3 Å². The first-order valence-corrected chi connectivity index (χ1v) is 10.5. The fourth-order valence-corrected chi connectivity index (χ4v) is 6.09. The highest BCUT2D eigenvalue weighted by Crippen LogP contribution is 2.61. The van der Waals surface area contributed by atoms with Crippen molar-refractivity contribution in [3.05, 3.63) is 0 Å². The average molecular weight is 461 g/mol. The first-order chi connectivity index (χ1) is 13.5. The lowest BCUT2D eigenvalue weighted by Crippen LogP contribution is -2.63. The fraction of sp³-hybridized carbons (Fsp3) is 0.824. The molecule has 4 aliphatic carbocycles. The van der Waals surface area contributed by atoms with Gasteiger partial charge in [0.15, 0.2) is 11.7 Å². The molecule has 4 aliphatic rings. The van der Waals surface area contributed by atoms with Crippen LogP contribution in [0.15, 0.2) is 0 Å². The highest BCUT2D eigenvalue weighted by Gasteiger charge is 2.80. The van der Waals surface area contributed by atoms with Crippen molar-refractivity contribution in [2.75, 3.05) is 0 Å². The molecule has 6 nitrogen and oxygen atoms in total. The summed E-state index contributed by atoms with van der Waals surface area (Å²) in [7, 11) is -7.05. The molecule has 0 saturated heterocycles. The molecule has 4 saturated carbocycles. The third-order valence-electron chi connectivity index (χ3n) is 6.61. The molecule has 0 radical (unpaired) electrons. The Morgan fingerprint density at radius 2 is 1.37 bits per heavy atom. The maximum absolute atomic E-state index is 14.1. The number of Topliss-reactive ketones (excluding diaryl/α,β-unsaturated/α-hetero) is 2. The van der Waals surface area contributed by atoms with Crippen LogP contribution in [0.5, 0.6) is 0 Å². The van der Waals surface area contributed by atoms with Gasteiger partial charge in [-0.25, -0.2) is 0 Å². The minimum Gasteiger partial charge on any atom is -0.297 e. The predicted molar refractivity (Wildman–Crippen MR) is 86.1 cm³/mol. The molecule has 0 aliphatic heterocycles. The summed E-state index contributed by atoms with van der Waals surface area (Å²) in [6.07, 6.45) is 2.91. The van der Waals surface area contributed by atoms with Crippen molar-refractivity contribution in [2.24, 2.45) is 29.1 Å². The Morgan fingerprint density at radius 1 is 0.967 bits per heavy atom. The van der Waals surface area contributed by atoms with Crippen LogP contribution in [-0.2, 0) is 19.7 Å². The topological polar surface area (TPSA) is 112 Å². The highest BCUT2D eigenvalue weighted by atomic mass is 32.2. The van der Waals surface area contributed by atoms with Gasteiger partial charge in [0.25, 0.3) is 0 Å². The van der Waals surface area contributed by atoms with Crippen molar-refractivity contribution < 1.29 is 48.9 Å². The van der Waals surface area contributed by atoms with Gasteiger partial charge in [-0.1, -0.05) is 0 Å². The van der Waals surface area contributed by atoms with Gasteiger partial charge < -0.3 is 0 Å². The van der Waals surface area contributed by atoms with Gasteiger partial charge in [-0.05, 0) is 56.3 Å². The van der Waals surface area contributed by atoms with Gasteiger partial charge in [0.1, 0.15) is 0 Å². The van der Waals surface area contributed by atoms with Crippen molar-refractivity contribution in [1.29, 1.82) is 5.26 Å². The van der Waals surface area contributed by atoms with E-state index in [1.807, 2.05) is 0 Å². The smallest absolute Gasteiger partial charge is 0.297 e. The van der Waals surface area contributed by atoms with Crippen LogP contribution in [0.2, 0.25) is 0 Å². The van der Waals surface area contributed by atoms with Crippen molar-refractivity contribution >= 4 is 21.7 Å². The third-order valence-corrected chi connectivity index (χ3v) is 7.51. The van der Waals surface area contributed by atoms with Gasteiger partial charge in [-0.3, -0.25) is 14.1 Å². The van der Waals surface area contributed by atoms with E-state index in [1.165, 1.54) is 0 Å².